The van der Waals surface area contributed by atoms with Gasteiger partial charge in [-0.25, -0.2) is 0 Å². The molecule has 2 heterocycles. The van der Waals surface area contributed by atoms with Crippen LogP contribution in [-0.4, -0.2) is 49.8 Å². The van der Waals surface area contributed by atoms with Gasteiger partial charge in [0.2, 0.25) is 5.13 Å². The van der Waals surface area contributed by atoms with Crippen molar-refractivity contribution in [3.63, 3.8) is 0 Å². The number of rotatable bonds is 6. The molecular formula is C16H13ClF11N5OS. The minimum atomic E-state index is -7.59. The maximum atomic E-state index is 14.1. The first-order valence-electron chi connectivity index (χ1n) is 8.87. The zero-order valence-corrected chi connectivity index (χ0v) is 19.2. The van der Waals surface area contributed by atoms with E-state index in [0.717, 1.165) is 4.68 Å². The first-order valence-corrected chi connectivity index (χ1v) is 10.1. The molecule has 2 rings (SSSR count). The molecule has 0 aliphatic carbocycles. The Bertz CT molecular complexity index is 1120. The van der Waals surface area contributed by atoms with Crippen LogP contribution < -0.4 is 5.32 Å². The number of anilines is 1. The summed E-state index contributed by atoms with van der Waals surface area (Å²) in [6.07, 6.45) is -7.29. The van der Waals surface area contributed by atoms with Crippen molar-refractivity contribution in [3.05, 3.63) is 21.4 Å². The van der Waals surface area contributed by atoms with E-state index in [1.165, 1.54) is 7.05 Å². The number of hydrogen-bond acceptors (Lipinski definition) is 5. The van der Waals surface area contributed by atoms with E-state index in [0.29, 0.717) is 0 Å². The van der Waals surface area contributed by atoms with Crippen molar-refractivity contribution in [2.45, 2.75) is 56.1 Å². The summed E-state index contributed by atoms with van der Waals surface area (Å²) < 4.78 is 146. The van der Waals surface area contributed by atoms with E-state index in [4.69, 9.17) is 11.6 Å². The molecule has 0 aliphatic rings. The molecule has 0 radical (unpaired) electrons. The van der Waals surface area contributed by atoms with Crippen LogP contribution in [0, 0.1) is 0 Å². The number of aromatic nitrogens is 4. The van der Waals surface area contributed by atoms with Crippen molar-refractivity contribution in [3.8, 4) is 0 Å². The molecule has 6 nitrogen and oxygen atoms in total. The molecular weight excluding hydrogens is 555 g/mol. The molecule has 2 aromatic heterocycles. The van der Waals surface area contributed by atoms with Crippen LogP contribution >= 0.6 is 22.9 Å². The fourth-order valence-electron chi connectivity index (χ4n) is 2.49. The third kappa shape index (κ3) is 4.53. The molecule has 1 amide bonds. The smallest absolute Gasteiger partial charge is 0.295 e. The second-order valence-corrected chi connectivity index (χ2v) is 9.40. The number of halogens is 12. The summed E-state index contributed by atoms with van der Waals surface area (Å²) in [5.41, 5.74) is -0.800. The highest BCUT2D eigenvalue weighted by Gasteiger charge is 2.88. The summed E-state index contributed by atoms with van der Waals surface area (Å²) in [5, 5.41) is 7.57. The molecule has 198 valence electrons. The largest absolute Gasteiger partial charge is 0.460 e. The van der Waals surface area contributed by atoms with Gasteiger partial charge in [-0.2, -0.15) is 53.4 Å². The fraction of sp³-hybridized carbons (Fsp3) is 0.625. The molecule has 0 aromatic carbocycles. The summed E-state index contributed by atoms with van der Waals surface area (Å²) in [5.74, 6) is -30.0. The molecule has 35 heavy (non-hydrogen) atoms. The van der Waals surface area contributed by atoms with E-state index >= 15 is 0 Å². The predicted molar refractivity (Wildman–Crippen MR) is 99.6 cm³/mol. The molecule has 0 saturated heterocycles. The third-order valence-corrected chi connectivity index (χ3v) is 5.63. The highest BCUT2D eigenvalue weighted by Crippen LogP contribution is 2.60. The molecule has 0 aliphatic heterocycles. The van der Waals surface area contributed by atoms with Crippen LogP contribution in [0.1, 0.15) is 42.0 Å². The summed E-state index contributed by atoms with van der Waals surface area (Å²) in [6.45, 7) is 5.04. The number of aryl methyl sites for hydroxylation is 1. The molecule has 0 fully saturated rings. The first kappa shape index (κ1) is 29.0. The quantitative estimate of drug-likeness (QED) is 0.433. The van der Waals surface area contributed by atoms with Crippen molar-refractivity contribution in [2.75, 3.05) is 5.32 Å². The van der Waals surface area contributed by atoms with Gasteiger partial charge in [0.25, 0.3) is 5.91 Å². The normalized spacial score (nSPS) is 14.4. The molecule has 19 heteroatoms. The highest BCUT2D eigenvalue weighted by atomic mass is 35.5. The lowest BCUT2D eigenvalue weighted by atomic mass is 9.92. The van der Waals surface area contributed by atoms with E-state index in [2.05, 4.69) is 15.3 Å². The minimum Gasteiger partial charge on any atom is -0.295 e. The zero-order chi connectivity index (χ0) is 27.6. The van der Waals surface area contributed by atoms with Gasteiger partial charge in [0.15, 0.2) is 5.01 Å². The zero-order valence-electron chi connectivity index (χ0n) is 17.6. The number of carbonyl (C=O) groups is 1. The SMILES string of the molecule is Cn1nc(C(C)(C)C)c(Cl)c1C(=O)Nc1nnc(C(F)(F)C(F)(F)C(F)(F)C(F)(F)C(F)(F)F)s1. The topological polar surface area (TPSA) is 72.7 Å². The van der Waals surface area contributed by atoms with E-state index < -0.39 is 62.7 Å². The van der Waals surface area contributed by atoms with Gasteiger partial charge >= 0.3 is 29.9 Å². The Balaban J connectivity index is 2.40. The highest BCUT2D eigenvalue weighted by molar-refractivity contribution is 7.15. The number of carbonyl (C=O) groups excluding carboxylic acids is 1. The lowest BCUT2D eigenvalue weighted by molar-refractivity contribution is -0.424. The Labute approximate surface area is 197 Å². The van der Waals surface area contributed by atoms with Gasteiger partial charge in [0, 0.05) is 12.5 Å². The minimum absolute atomic E-state index is 0.187. The van der Waals surface area contributed by atoms with Gasteiger partial charge in [-0.05, 0) is 0 Å². The van der Waals surface area contributed by atoms with Crippen molar-refractivity contribution in [1.82, 2.24) is 20.0 Å². The van der Waals surface area contributed by atoms with Crippen LogP contribution in [0.5, 0.6) is 0 Å². The average molecular weight is 568 g/mol. The Kier molecular flexibility index (Phi) is 6.97. The number of nitrogens with one attached hydrogen (secondary N) is 1. The van der Waals surface area contributed by atoms with Crippen molar-refractivity contribution in [1.29, 1.82) is 0 Å². The lowest BCUT2D eigenvalue weighted by Crippen LogP contribution is -2.65. The molecule has 0 atom stereocenters. The van der Waals surface area contributed by atoms with E-state index in [1.54, 1.807) is 20.8 Å². The maximum absolute atomic E-state index is 14.1. The van der Waals surface area contributed by atoms with Gasteiger partial charge in [0.05, 0.1) is 10.7 Å². The lowest BCUT2D eigenvalue weighted by Gasteiger charge is -2.36. The van der Waals surface area contributed by atoms with Gasteiger partial charge in [0.1, 0.15) is 5.69 Å². The van der Waals surface area contributed by atoms with Crippen LogP contribution in [0.2, 0.25) is 5.02 Å². The number of nitrogens with zero attached hydrogens (tertiary/aromatic N) is 4. The van der Waals surface area contributed by atoms with E-state index in [1.807, 2.05) is 5.32 Å². The van der Waals surface area contributed by atoms with Gasteiger partial charge in [-0.1, -0.05) is 43.7 Å². The average Bonchev–Trinajstić information content (AvgIpc) is 3.24. The molecule has 1 N–H and O–H groups in total. The van der Waals surface area contributed by atoms with Crippen molar-refractivity contribution >= 4 is 34.0 Å². The van der Waals surface area contributed by atoms with Crippen LogP contribution in [0.15, 0.2) is 0 Å². The number of hydrogen-bond donors (Lipinski definition) is 1. The van der Waals surface area contributed by atoms with Crippen molar-refractivity contribution in [2.24, 2.45) is 7.05 Å². The Morgan fingerprint density at radius 2 is 1.40 bits per heavy atom. The predicted octanol–water partition coefficient (Wildman–Crippen LogP) is 6.03. The molecule has 0 spiro atoms. The summed E-state index contributed by atoms with van der Waals surface area (Å²) in [4.78, 5) is 12.5. The fourth-order valence-corrected chi connectivity index (χ4v) is 3.76. The van der Waals surface area contributed by atoms with Crippen molar-refractivity contribution < 1.29 is 53.1 Å². The van der Waals surface area contributed by atoms with Gasteiger partial charge in [-0.15, -0.1) is 10.2 Å². The number of alkyl halides is 11. The van der Waals surface area contributed by atoms with Crippen LogP contribution in [0.25, 0.3) is 0 Å². The summed E-state index contributed by atoms with van der Waals surface area (Å²) in [7, 11) is 1.26. The molecule has 0 unspecified atom stereocenters. The standard InChI is InChI=1S/C16H13ClF11N5OS/c1-11(2,3)7-5(17)6(33(4)32-7)8(34)29-10-31-30-9(35-10)12(18,19)13(20,21)14(22,23)15(24,25)16(26,27)28/h1-4H3,(H,29,31,34). The first-order chi connectivity index (χ1) is 15.4. The van der Waals surface area contributed by atoms with E-state index in [-0.39, 0.29) is 16.4 Å². The molecule has 2 aromatic rings. The summed E-state index contributed by atoms with van der Waals surface area (Å²) in [6, 6.07) is 0. The van der Waals surface area contributed by atoms with Gasteiger partial charge < -0.3 is 0 Å². The Morgan fingerprint density at radius 3 is 1.83 bits per heavy atom. The second-order valence-electron chi connectivity index (χ2n) is 8.05. The monoisotopic (exact) mass is 567 g/mol. The molecule has 0 saturated carbocycles. The Morgan fingerprint density at radius 1 is 0.886 bits per heavy atom. The van der Waals surface area contributed by atoms with Crippen LogP contribution in [0.3, 0.4) is 0 Å². The Hall–Kier alpha value is -2.24. The van der Waals surface area contributed by atoms with E-state index in [9.17, 15) is 53.1 Å². The van der Waals surface area contributed by atoms with Crippen LogP contribution in [0.4, 0.5) is 53.4 Å². The third-order valence-electron chi connectivity index (χ3n) is 4.37. The van der Waals surface area contributed by atoms with Crippen LogP contribution in [-0.2, 0) is 18.4 Å². The number of amides is 1. The summed E-state index contributed by atoms with van der Waals surface area (Å²) >= 11 is 5.43. The molecule has 0 bridgehead atoms. The van der Waals surface area contributed by atoms with Gasteiger partial charge in [-0.3, -0.25) is 14.8 Å². The second kappa shape index (κ2) is 8.41. The maximum Gasteiger partial charge on any atom is 0.460 e.